The molecule has 0 N–H and O–H groups in total. The molecule has 28 heavy (non-hydrogen) atoms. The van der Waals surface area contributed by atoms with Crippen molar-refractivity contribution in [3.05, 3.63) is 34.9 Å². The average Bonchev–Trinajstić information content (AvgIpc) is 2.64. The van der Waals surface area contributed by atoms with Gasteiger partial charge in [0.05, 0.1) is 5.92 Å². The molecule has 0 amide bonds. The second-order valence-electron chi connectivity index (χ2n) is 8.37. The minimum absolute atomic E-state index is 0.0312. The first-order valence-corrected chi connectivity index (χ1v) is 10.6. The molecule has 158 valence electrons. The van der Waals surface area contributed by atoms with Crippen molar-refractivity contribution in [3.8, 4) is 0 Å². The number of allylic oxidation sites excluding steroid dienone is 6. The number of hydrogen-bond donors (Lipinski definition) is 0. The van der Waals surface area contributed by atoms with Crippen molar-refractivity contribution < 1.29 is 14.4 Å². The van der Waals surface area contributed by atoms with Gasteiger partial charge in [-0.25, -0.2) is 0 Å². The summed E-state index contributed by atoms with van der Waals surface area (Å²) < 4.78 is 0. The third-order valence-corrected chi connectivity index (χ3v) is 5.39. The summed E-state index contributed by atoms with van der Waals surface area (Å²) in [5.74, 6) is 0.169. The third-order valence-electron chi connectivity index (χ3n) is 5.39. The van der Waals surface area contributed by atoms with Crippen molar-refractivity contribution in [2.75, 3.05) is 0 Å². The zero-order valence-corrected chi connectivity index (χ0v) is 19.4. The molecule has 0 heterocycles. The molecule has 0 aromatic rings. The van der Waals surface area contributed by atoms with Gasteiger partial charge in [0.25, 0.3) is 0 Å². The average molecular weight is 389 g/mol. The Kier molecular flexibility index (Phi) is 11.8. The standard InChI is InChI=1S/C25H40O3/c1-10-16(3)13-19(6)24(27)20(7)14-17(4)12-18(5)15-21(8)25(28)22(9)23(26)11-2/h12,14-17,19,22H,10-11,13H2,1-9H3/b18-12+,20-14+,21-15+/t16-,17-,19-,22-/m0/s1. The zero-order valence-electron chi connectivity index (χ0n) is 19.4. The van der Waals surface area contributed by atoms with Gasteiger partial charge in [-0.1, -0.05) is 64.8 Å². The van der Waals surface area contributed by atoms with E-state index in [2.05, 4.69) is 13.8 Å². The van der Waals surface area contributed by atoms with E-state index in [1.165, 1.54) is 0 Å². The maximum atomic E-state index is 12.6. The van der Waals surface area contributed by atoms with Crippen LogP contribution in [0.5, 0.6) is 0 Å². The van der Waals surface area contributed by atoms with Gasteiger partial charge < -0.3 is 0 Å². The predicted octanol–water partition coefficient (Wildman–Crippen LogP) is 6.29. The van der Waals surface area contributed by atoms with Crippen molar-refractivity contribution in [1.29, 1.82) is 0 Å². The number of carbonyl (C=O) groups excluding carboxylic acids is 3. The van der Waals surface area contributed by atoms with Crippen molar-refractivity contribution in [2.24, 2.45) is 23.7 Å². The molecule has 0 rings (SSSR count). The first-order chi connectivity index (χ1) is 12.9. The molecular formula is C25H40O3. The SMILES string of the molecule is CCC(=O)[C@H](C)C(=O)/C(C)=C/C(C)=C/[C@H](C)/C=C(\C)C(=O)[C@@H](C)C[C@@H](C)CC. The van der Waals surface area contributed by atoms with Crippen LogP contribution in [0.1, 0.15) is 81.6 Å². The highest BCUT2D eigenvalue weighted by atomic mass is 16.2. The number of Topliss-reactive ketones (excluding diaryl/α,β-unsaturated/α-hetero) is 3. The van der Waals surface area contributed by atoms with Gasteiger partial charge in [-0.3, -0.25) is 14.4 Å². The Labute approximate surface area is 172 Å². The molecule has 3 heteroatoms. The van der Waals surface area contributed by atoms with E-state index in [4.69, 9.17) is 0 Å². The lowest BCUT2D eigenvalue weighted by molar-refractivity contribution is -0.129. The number of carbonyl (C=O) groups is 3. The fourth-order valence-electron chi connectivity index (χ4n) is 3.46. The molecule has 0 unspecified atom stereocenters. The van der Waals surface area contributed by atoms with Gasteiger partial charge in [-0.2, -0.15) is 0 Å². The molecule has 0 aromatic carbocycles. The van der Waals surface area contributed by atoms with Crippen LogP contribution in [-0.2, 0) is 14.4 Å². The molecule has 0 aromatic heterocycles. The monoisotopic (exact) mass is 388 g/mol. The summed E-state index contributed by atoms with van der Waals surface area (Å²) in [7, 11) is 0. The van der Waals surface area contributed by atoms with Gasteiger partial charge in [0.2, 0.25) is 0 Å². The Morgan fingerprint density at radius 1 is 0.821 bits per heavy atom. The van der Waals surface area contributed by atoms with E-state index >= 15 is 0 Å². The summed E-state index contributed by atoms with van der Waals surface area (Å²) in [6.07, 6.45) is 8.24. The molecule has 0 saturated carbocycles. The van der Waals surface area contributed by atoms with Crippen molar-refractivity contribution in [3.63, 3.8) is 0 Å². The fourth-order valence-corrected chi connectivity index (χ4v) is 3.46. The van der Waals surface area contributed by atoms with Crippen LogP contribution in [0.25, 0.3) is 0 Å². The lowest BCUT2D eigenvalue weighted by atomic mass is 9.88. The smallest absolute Gasteiger partial charge is 0.168 e. The number of hydrogen-bond acceptors (Lipinski definition) is 3. The Hall–Kier alpha value is -1.77. The van der Waals surface area contributed by atoms with Gasteiger partial charge in [-0.15, -0.1) is 0 Å². The highest BCUT2D eigenvalue weighted by Gasteiger charge is 2.21. The highest BCUT2D eigenvalue weighted by molar-refractivity contribution is 6.09. The van der Waals surface area contributed by atoms with E-state index in [0.717, 1.165) is 24.0 Å². The van der Waals surface area contributed by atoms with Gasteiger partial charge in [0.15, 0.2) is 11.6 Å². The highest BCUT2D eigenvalue weighted by Crippen LogP contribution is 2.20. The van der Waals surface area contributed by atoms with Crippen LogP contribution in [0.2, 0.25) is 0 Å². The molecule has 0 aliphatic heterocycles. The van der Waals surface area contributed by atoms with Gasteiger partial charge in [0, 0.05) is 12.3 Å². The number of rotatable bonds is 12. The lowest BCUT2D eigenvalue weighted by Crippen LogP contribution is -2.21. The van der Waals surface area contributed by atoms with Crippen LogP contribution in [0.15, 0.2) is 34.9 Å². The first-order valence-electron chi connectivity index (χ1n) is 10.6. The van der Waals surface area contributed by atoms with Crippen molar-refractivity contribution in [1.82, 2.24) is 0 Å². The fraction of sp³-hybridized carbons (Fsp3) is 0.640. The predicted molar refractivity (Wildman–Crippen MR) is 118 cm³/mol. The normalized spacial score (nSPS) is 17.7. The van der Waals surface area contributed by atoms with E-state index in [-0.39, 0.29) is 29.2 Å². The maximum Gasteiger partial charge on any atom is 0.168 e. The lowest BCUT2D eigenvalue weighted by Gasteiger charge is -2.15. The molecule has 0 spiro atoms. The second kappa shape index (κ2) is 12.6. The maximum absolute atomic E-state index is 12.6. The topological polar surface area (TPSA) is 51.2 Å². The van der Waals surface area contributed by atoms with E-state index in [1.54, 1.807) is 20.8 Å². The third kappa shape index (κ3) is 8.95. The Balaban J connectivity index is 5.14. The van der Waals surface area contributed by atoms with E-state index in [0.29, 0.717) is 17.9 Å². The Morgan fingerprint density at radius 2 is 1.39 bits per heavy atom. The van der Waals surface area contributed by atoms with Gasteiger partial charge >= 0.3 is 0 Å². The van der Waals surface area contributed by atoms with Crippen LogP contribution in [0.3, 0.4) is 0 Å². The van der Waals surface area contributed by atoms with Crippen molar-refractivity contribution in [2.45, 2.75) is 81.6 Å². The van der Waals surface area contributed by atoms with Crippen LogP contribution < -0.4 is 0 Å². The van der Waals surface area contributed by atoms with E-state index < -0.39 is 5.92 Å². The van der Waals surface area contributed by atoms with E-state index in [9.17, 15) is 14.4 Å². The van der Waals surface area contributed by atoms with Crippen LogP contribution in [0.4, 0.5) is 0 Å². The molecule has 4 atom stereocenters. The summed E-state index contributed by atoms with van der Waals surface area (Å²) in [6, 6.07) is 0. The zero-order chi connectivity index (χ0) is 22.0. The minimum Gasteiger partial charge on any atom is -0.299 e. The molecule has 0 saturated heterocycles. The molecule has 0 radical (unpaired) electrons. The summed E-state index contributed by atoms with van der Waals surface area (Å²) in [5, 5.41) is 0. The molecule has 0 aliphatic carbocycles. The molecule has 3 nitrogen and oxygen atoms in total. The first kappa shape index (κ1) is 26.2. The summed E-state index contributed by atoms with van der Waals surface area (Å²) >= 11 is 0. The van der Waals surface area contributed by atoms with Gasteiger partial charge in [0.1, 0.15) is 5.78 Å². The largest absolute Gasteiger partial charge is 0.299 e. The van der Waals surface area contributed by atoms with Crippen LogP contribution >= 0.6 is 0 Å². The Bertz CT molecular complexity index is 649. The number of ketones is 3. The summed E-state index contributed by atoms with van der Waals surface area (Å²) in [5.41, 5.74) is 2.35. The van der Waals surface area contributed by atoms with Crippen LogP contribution in [-0.4, -0.2) is 17.3 Å². The molecule has 0 bridgehead atoms. The summed E-state index contributed by atoms with van der Waals surface area (Å²) in [6.45, 7) is 17.4. The second-order valence-corrected chi connectivity index (χ2v) is 8.37. The molecule has 0 fully saturated rings. The Morgan fingerprint density at radius 3 is 1.89 bits per heavy atom. The summed E-state index contributed by atoms with van der Waals surface area (Å²) in [4.78, 5) is 36.7. The minimum atomic E-state index is -0.585. The van der Waals surface area contributed by atoms with Crippen LogP contribution in [0, 0.1) is 23.7 Å². The molecular weight excluding hydrogens is 348 g/mol. The molecule has 0 aliphatic rings. The van der Waals surface area contributed by atoms with E-state index in [1.807, 2.05) is 45.9 Å². The quantitative estimate of drug-likeness (QED) is 0.224. The van der Waals surface area contributed by atoms with Crippen molar-refractivity contribution >= 4 is 17.3 Å². The van der Waals surface area contributed by atoms with Gasteiger partial charge in [-0.05, 0) is 57.1 Å².